The van der Waals surface area contributed by atoms with E-state index >= 15 is 0 Å². The van der Waals surface area contributed by atoms with Gasteiger partial charge in [-0.05, 0) is 61.0 Å². The molecule has 174 valence electrons. The highest BCUT2D eigenvalue weighted by Gasteiger charge is 2.19. The minimum Gasteiger partial charge on any atom is -0.478 e. The number of carboxylic acids is 1. The molecule has 0 aliphatic carbocycles. The molecule has 0 radical (unpaired) electrons. The lowest BCUT2D eigenvalue weighted by Crippen LogP contribution is -2.24. The van der Waals surface area contributed by atoms with Crippen LogP contribution in [0.15, 0.2) is 77.7 Å². The van der Waals surface area contributed by atoms with Crippen LogP contribution in [0.3, 0.4) is 0 Å². The Kier molecular flexibility index (Phi) is 8.05. The van der Waals surface area contributed by atoms with E-state index in [1.165, 1.54) is 23.9 Å². The van der Waals surface area contributed by atoms with Crippen molar-refractivity contribution in [3.05, 3.63) is 89.5 Å². The van der Waals surface area contributed by atoms with Gasteiger partial charge in [-0.15, -0.1) is 11.8 Å². The van der Waals surface area contributed by atoms with Crippen molar-refractivity contribution in [2.24, 2.45) is 5.73 Å². The van der Waals surface area contributed by atoms with Crippen molar-refractivity contribution >= 4 is 46.8 Å². The number of anilines is 2. The summed E-state index contributed by atoms with van der Waals surface area (Å²) in [7, 11) is 0. The van der Waals surface area contributed by atoms with Gasteiger partial charge in [-0.3, -0.25) is 14.4 Å². The molecule has 3 aromatic carbocycles. The second-order valence-electron chi connectivity index (χ2n) is 7.28. The molecule has 0 aliphatic heterocycles. The summed E-state index contributed by atoms with van der Waals surface area (Å²) in [6, 6.07) is 19.3. The minimum atomic E-state index is -1.18. The lowest BCUT2D eigenvalue weighted by molar-refractivity contribution is -0.115. The molecule has 0 fully saturated rings. The molecule has 1 unspecified atom stereocenters. The summed E-state index contributed by atoms with van der Waals surface area (Å²) >= 11 is 1.34. The van der Waals surface area contributed by atoms with Crippen molar-refractivity contribution in [3.63, 3.8) is 0 Å². The lowest BCUT2D eigenvalue weighted by atomic mass is 10.1. The summed E-state index contributed by atoms with van der Waals surface area (Å²) in [6.07, 6.45) is 0.554. The summed E-state index contributed by atoms with van der Waals surface area (Å²) in [5, 5.41) is 14.4. The number of nitrogens with two attached hydrogens (primary N) is 1. The molecule has 5 N–H and O–H groups in total. The van der Waals surface area contributed by atoms with E-state index in [1.807, 2.05) is 13.0 Å². The molecule has 0 heterocycles. The Hall–Kier alpha value is -4.11. The van der Waals surface area contributed by atoms with Gasteiger partial charge in [0.25, 0.3) is 5.91 Å². The number of thioether (sulfide) groups is 1. The van der Waals surface area contributed by atoms with Crippen LogP contribution in [0.2, 0.25) is 0 Å². The van der Waals surface area contributed by atoms with Gasteiger partial charge in [0.2, 0.25) is 11.8 Å². The highest BCUT2D eigenvalue weighted by Crippen LogP contribution is 2.29. The highest BCUT2D eigenvalue weighted by atomic mass is 32.2. The number of carbonyl (C=O) groups excluding carboxylic acids is 3. The van der Waals surface area contributed by atoms with Crippen molar-refractivity contribution in [3.8, 4) is 0 Å². The standard InChI is InChI=1S/C25H23N3O5S/c1-2-21(24(31)27-16-12-10-15(11-13-16)22(26)29)34-18-7-5-6-17(14-18)28-23(30)19-8-3-4-9-20(19)25(32)33/h3-14,21H,2H2,1H3,(H2,26,29)(H,27,31)(H,28,30)(H,32,33). The molecule has 0 bridgehead atoms. The zero-order valence-corrected chi connectivity index (χ0v) is 19.1. The largest absolute Gasteiger partial charge is 0.478 e. The summed E-state index contributed by atoms with van der Waals surface area (Å²) in [5.41, 5.74) is 6.58. The number of carbonyl (C=O) groups is 4. The monoisotopic (exact) mass is 477 g/mol. The van der Waals surface area contributed by atoms with E-state index in [1.54, 1.807) is 54.6 Å². The molecule has 9 heteroatoms. The first kappa shape index (κ1) is 24.5. The summed E-state index contributed by atoms with van der Waals surface area (Å²) in [6.45, 7) is 1.89. The van der Waals surface area contributed by atoms with E-state index in [9.17, 15) is 24.3 Å². The van der Waals surface area contributed by atoms with Crippen molar-refractivity contribution in [2.45, 2.75) is 23.5 Å². The number of hydrogen-bond donors (Lipinski definition) is 4. The quantitative estimate of drug-likeness (QED) is 0.340. The fraction of sp³-hybridized carbons (Fsp3) is 0.120. The summed E-state index contributed by atoms with van der Waals surface area (Å²) in [4.78, 5) is 48.7. The van der Waals surface area contributed by atoms with Crippen molar-refractivity contribution < 1.29 is 24.3 Å². The molecular weight excluding hydrogens is 454 g/mol. The first-order valence-electron chi connectivity index (χ1n) is 10.4. The van der Waals surface area contributed by atoms with Gasteiger partial charge in [-0.25, -0.2) is 4.79 Å². The van der Waals surface area contributed by atoms with Gasteiger partial charge in [-0.2, -0.15) is 0 Å². The lowest BCUT2D eigenvalue weighted by Gasteiger charge is -2.16. The van der Waals surface area contributed by atoms with Crippen molar-refractivity contribution in [1.82, 2.24) is 0 Å². The van der Waals surface area contributed by atoms with Gasteiger partial charge in [0.15, 0.2) is 0 Å². The van der Waals surface area contributed by atoms with Crippen LogP contribution in [0.25, 0.3) is 0 Å². The topological polar surface area (TPSA) is 139 Å². The number of rotatable bonds is 9. The minimum absolute atomic E-state index is 0.0567. The van der Waals surface area contributed by atoms with Gasteiger partial charge >= 0.3 is 5.97 Å². The van der Waals surface area contributed by atoms with Crippen LogP contribution in [0.5, 0.6) is 0 Å². The van der Waals surface area contributed by atoms with Crippen LogP contribution in [0, 0.1) is 0 Å². The van der Waals surface area contributed by atoms with Gasteiger partial charge in [0, 0.05) is 21.8 Å². The van der Waals surface area contributed by atoms with Crippen LogP contribution >= 0.6 is 11.8 Å². The van der Waals surface area contributed by atoms with Gasteiger partial charge in [-0.1, -0.05) is 25.1 Å². The number of carboxylic acid groups (broad SMARTS) is 1. The first-order chi connectivity index (χ1) is 16.3. The van der Waals surface area contributed by atoms with Crippen LogP contribution in [-0.2, 0) is 4.79 Å². The molecule has 34 heavy (non-hydrogen) atoms. The maximum atomic E-state index is 12.8. The van der Waals surface area contributed by atoms with Gasteiger partial charge in [0.05, 0.1) is 16.4 Å². The Morgan fingerprint density at radius 2 is 1.56 bits per heavy atom. The molecule has 8 nitrogen and oxygen atoms in total. The van der Waals surface area contributed by atoms with Gasteiger partial charge < -0.3 is 21.5 Å². The van der Waals surface area contributed by atoms with Crippen LogP contribution in [0.1, 0.15) is 44.4 Å². The zero-order valence-electron chi connectivity index (χ0n) is 18.3. The molecule has 0 saturated heterocycles. The third-order valence-corrected chi connectivity index (χ3v) is 6.23. The molecule has 0 aromatic heterocycles. The second-order valence-corrected chi connectivity index (χ2v) is 8.55. The number of nitrogens with one attached hydrogen (secondary N) is 2. The fourth-order valence-electron chi connectivity index (χ4n) is 3.14. The third kappa shape index (κ3) is 6.23. The Balaban J connectivity index is 1.68. The van der Waals surface area contributed by atoms with E-state index in [0.29, 0.717) is 23.4 Å². The van der Waals surface area contributed by atoms with E-state index in [2.05, 4.69) is 10.6 Å². The number of benzene rings is 3. The zero-order chi connectivity index (χ0) is 24.7. The predicted octanol–water partition coefficient (Wildman–Crippen LogP) is 4.25. The normalized spacial score (nSPS) is 11.3. The fourth-order valence-corrected chi connectivity index (χ4v) is 4.15. The van der Waals surface area contributed by atoms with Crippen LogP contribution in [0.4, 0.5) is 11.4 Å². The molecule has 0 aliphatic rings. The van der Waals surface area contributed by atoms with Crippen LogP contribution in [-0.4, -0.2) is 34.0 Å². The Labute approximate surface area is 200 Å². The van der Waals surface area contributed by atoms with Gasteiger partial charge in [0.1, 0.15) is 0 Å². The smallest absolute Gasteiger partial charge is 0.336 e. The molecule has 0 spiro atoms. The molecular formula is C25H23N3O5S. The highest BCUT2D eigenvalue weighted by molar-refractivity contribution is 8.00. The van der Waals surface area contributed by atoms with Crippen LogP contribution < -0.4 is 16.4 Å². The molecule has 3 aromatic rings. The van der Waals surface area contributed by atoms with E-state index in [4.69, 9.17) is 5.73 Å². The average molecular weight is 478 g/mol. The number of amides is 3. The molecule has 1 atom stereocenters. The van der Waals surface area contributed by atoms with E-state index in [0.717, 1.165) is 4.90 Å². The molecule has 3 amide bonds. The molecule has 3 rings (SSSR count). The van der Waals surface area contributed by atoms with E-state index < -0.39 is 23.0 Å². The first-order valence-corrected chi connectivity index (χ1v) is 11.3. The van der Waals surface area contributed by atoms with Crippen molar-refractivity contribution in [2.75, 3.05) is 10.6 Å². The Morgan fingerprint density at radius 3 is 2.18 bits per heavy atom. The molecule has 0 saturated carbocycles. The van der Waals surface area contributed by atoms with Crippen molar-refractivity contribution in [1.29, 1.82) is 0 Å². The Morgan fingerprint density at radius 1 is 0.882 bits per heavy atom. The Bertz CT molecular complexity index is 1230. The summed E-state index contributed by atoms with van der Waals surface area (Å²) < 4.78 is 0. The number of primary amides is 1. The predicted molar refractivity (Wildman–Crippen MR) is 131 cm³/mol. The maximum Gasteiger partial charge on any atom is 0.336 e. The summed E-state index contributed by atoms with van der Waals surface area (Å²) in [5.74, 6) is -2.47. The number of hydrogen-bond acceptors (Lipinski definition) is 5. The third-order valence-electron chi connectivity index (χ3n) is 4.87. The SMILES string of the molecule is CCC(Sc1cccc(NC(=O)c2ccccc2C(=O)O)c1)C(=O)Nc1ccc(C(N)=O)cc1. The maximum absolute atomic E-state index is 12.8. The van der Waals surface area contributed by atoms with E-state index in [-0.39, 0.29) is 17.0 Å². The number of aromatic carboxylic acids is 1. The second kappa shape index (κ2) is 11.2. The average Bonchev–Trinajstić information content (AvgIpc) is 2.83.